The van der Waals surface area contributed by atoms with Gasteiger partial charge in [-0.3, -0.25) is 0 Å². The molecule has 0 N–H and O–H groups in total. The third-order valence-corrected chi connectivity index (χ3v) is 4.21. The largest absolute Gasteiger partial charge is 0.198 e. The normalized spacial score (nSPS) is 27.4. The molecule has 0 spiro atoms. The summed E-state index contributed by atoms with van der Waals surface area (Å²) in [5.74, 6) is 1.90. The maximum atomic E-state index is 9.29. The summed E-state index contributed by atoms with van der Waals surface area (Å²) in [4.78, 5) is 0. The molecule has 2 fully saturated rings. The molecule has 78 valence electrons. The van der Waals surface area contributed by atoms with Crippen molar-refractivity contribution in [2.24, 2.45) is 17.8 Å². The molecule has 0 aromatic heterocycles. The van der Waals surface area contributed by atoms with Crippen molar-refractivity contribution in [1.29, 1.82) is 5.26 Å². The van der Waals surface area contributed by atoms with E-state index in [0.29, 0.717) is 5.92 Å². The molecule has 0 aromatic rings. The Labute approximate surface area is 87.5 Å². The van der Waals surface area contributed by atoms with Crippen molar-refractivity contribution < 1.29 is 0 Å². The first-order valence-corrected chi connectivity index (χ1v) is 6.31. The van der Waals surface area contributed by atoms with E-state index in [2.05, 4.69) is 6.07 Å². The van der Waals surface area contributed by atoms with E-state index in [9.17, 15) is 5.26 Å². The Morgan fingerprint density at radius 1 is 0.786 bits per heavy atom. The fraction of sp³-hybridized carbons (Fsp3) is 0.923. The van der Waals surface area contributed by atoms with Crippen LogP contribution in [0.1, 0.15) is 57.8 Å². The molecular weight excluding hydrogens is 170 g/mol. The Balaban J connectivity index is 1.93. The van der Waals surface area contributed by atoms with Gasteiger partial charge in [-0.15, -0.1) is 0 Å². The van der Waals surface area contributed by atoms with E-state index >= 15 is 0 Å². The second-order valence-electron chi connectivity index (χ2n) is 5.10. The van der Waals surface area contributed by atoms with Crippen LogP contribution in [0.25, 0.3) is 0 Å². The fourth-order valence-electron chi connectivity index (χ4n) is 3.41. The standard InChI is InChI=1S/C13H21N/c14-10-13(12-8-4-5-9-12)11-6-2-1-3-7-11/h11-13H,1-9H2. The van der Waals surface area contributed by atoms with Crippen molar-refractivity contribution in [3.63, 3.8) is 0 Å². The van der Waals surface area contributed by atoms with Crippen LogP contribution in [0.4, 0.5) is 0 Å². The summed E-state index contributed by atoms with van der Waals surface area (Å²) in [7, 11) is 0. The Morgan fingerprint density at radius 2 is 1.21 bits per heavy atom. The third kappa shape index (κ3) is 2.11. The molecule has 2 rings (SSSR count). The van der Waals surface area contributed by atoms with Crippen LogP contribution in [-0.2, 0) is 0 Å². The second-order valence-corrected chi connectivity index (χ2v) is 5.10. The van der Waals surface area contributed by atoms with Crippen LogP contribution in [-0.4, -0.2) is 0 Å². The van der Waals surface area contributed by atoms with Crippen molar-refractivity contribution in [2.45, 2.75) is 57.8 Å². The monoisotopic (exact) mass is 191 g/mol. The van der Waals surface area contributed by atoms with Gasteiger partial charge in [-0.1, -0.05) is 32.1 Å². The van der Waals surface area contributed by atoms with E-state index in [1.54, 1.807) is 0 Å². The van der Waals surface area contributed by atoms with E-state index < -0.39 is 0 Å². The van der Waals surface area contributed by atoms with E-state index in [-0.39, 0.29) is 0 Å². The zero-order valence-electron chi connectivity index (χ0n) is 9.04. The van der Waals surface area contributed by atoms with Crippen molar-refractivity contribution in [1.82, 2.24) is 0 Å². The highest BCUT2D eigenvalue weighted by Crippen LogP contribution is 2.40. The lowest BCUT2D eigenvalue weighted by atomic mass is 9.74. The molecule has 0 aromatic carbocycles. The molecule has 0 aliphatic heterocycles. The Bertz CT molecular complexity index is 204. The first kappa shape index (κ1) is 10.0. The maximum absolute atomic E-state index is 9.29. The van der Waals surface area contributed by atoms with Gasteiger partial charge >= 0.3 is 0 Å². The summed E-state index contributed by atoms with van der Waals surface area (Å²) in [6, 6.07) is 2.61. The van der Waals surface area contributed by atoms with Gasteiger partial charge in [0, 0.05) is 0 Å². The van der Waals surface area contributed by atoms with Crippen molar-refractivity contribution in [3.8, 4) is 6.07 Å². The van der Waals surface area contributed by atoms with Crippen LogP contribution in [0.3, 0.4) is 0 Å². The Morgan fingerprint density at radius 3 is 1.64 bits per heavy atom. The predicted octanol–water partition coefficient (Wildman–Crippen LogP) is 3.90. The Hall–Kier alpha value is -0.510. The molecule has 14 heavy (non-hydrogen) atoms. The van der Waals surface area contributed by atoms with Crippen molar-refractivity contribution >= 4 is 0 Å². The average Bonchev–Trinajstić information content (AvgIpc) is 2.74. The first-order valence-electron chi connectivity index (χ1n) is 6.31. The van der Waals surface area contributed by atoms with Gasteiger partial charge in [0.2, 0.25) is 0 Å². The second kappa shape index (κ2) is 4.82. The molecule has 1 heteroatoms. The van der Waals surface area contributed by atoms with Gasteiger partial charge in [0.1, 0.15) is 0 Å². The molecule has 2 aliphatic rings. The molecule has 1 atom stereocenters. The van der Waals surface area contributed by atoms with Crippen LogP contribution >= 0.6 is 0 Å². The smallest absolute Gasteiger partial charge is 0.0661 e. The van der Waals surface area contributed by atoms with Crippen LogP contribution < -0.4 is 0 Å². The molecule has 1 nitrogen and oxygen atoms in total. The zero-order valence-corrected chi connectivity index (χ0v) is 9.04. The van der Waals surface area contributed by atoms with Crippen LogP contribution in [0.5, 0.6) is 0 Å². The zero-order chi connectivity index (χ0) is 9.80. The number of rotatable bonds is 2. The number of hydrogen-bond acceptors (Lipinski definition) is 1. The highest BCUT2D eigenvalue weighted by molar-refractivity contribution is 4.95. The lowest BCUT2D eigenvalue weighted by Gasteiger charge is -2.29. The predicted molar refractivity (Wildman–Crippen MR) is 57.6 cm³/mol. The van der Waals surface area contributed by atoms with Gasteiger partial charge in [0.15, 0.2) is 0 Å². The molecule has 0 heterocycles. The lowest BCUT2D eigenvalue weighted by Crippen LogP contribution is -2.22. The van der Waals surface area contributed by atoms with Gasteiger partial charge in [0.05, 0.1) is 12.0 Å². The van der Waals surface area contributed by atoms with Gasteiger partial charge in [-0.05, 0) is 37.5 Å². The molecule has 1 unspecified atom stereocenters. The highest BCUT2D eigenvalue weighted by Gasteiger charge is 2.31. The minimum atomic E-state index is 0.401. The quantitative estimate of drug-likeness (QED) is 0.649. The first-order chi connectivity index (χ1) is 6.92. The van der Waals surface area contributed by atoms with Crippen LogP contribution in [0.2, 0.25) is 0 Å². The van der Waals surface area contributed by atoms with E-state index in [1.165, 1.54) is 57.8 Å². The third-order valence-electron chi connectivity index (χ3n) is 4.21. The minimum absolute atomic E-state index is 0.401. The van der Waals surface area contributed by atoms with Gasteiger partial charge in [0.25, 0.3) is 0 Å². The average molecular weight is 191 g/mol. The highest BCUT2D eigenvalue weighted by atomic mass is 14.4. The molecule has 2 saturated carbocycles. The summed E-state index contributed by atoms with van der Waals surface area (Å²) in [6.07, 6.45) is 12.2. The molecule has 0 amide bonds. The lowest BCUT2D eigenvalue weighted by molar-refractivity contribution is 0.227. The minimum Gasteiger partial charge on any atom is -0.198 e. The van der Waals surface area contributed by atoms with Crippen molar-refractivity contribution in [2.75, 3.05) is 0 Å². The van der Waals surface area contributed by atoms with E-state index in [0.717, 1.165) is 11.8 Å². The SMILES string of the molecule is N#CC(C1CCCCC1)C1CCCC1. The molecule has 0 saturated heterocycles. The number of nitriles is 1. The summed E-state index contributed by atoms with van der Waals surface area (Å²) < 4.78 is 0. The van der Waals surface area contributed by atoms with Gasteiger partial charge < -0.3 is 0 Å². The van der Waals surface area contributed by atoms with E-state index in [4.69, 9.17) is 0 Å². The summed E-state index contributed by atoms with van der Waals surface area (Å²) >= 11 is 0. The molecular formula is C13H21N. The van der Waals surface area contributed by atoms with E-state index in [1.807, 2.05) is 0 Å². The molecule has 0 radical (unpaired) electrons. The fourth-order valence-corrected chi connectivity index (χ4v) is 3.41. The molecule has 0 bridgehead atoms. The maximum Gasteiger partial charge on any atom is 0.0661 e. The number of hydrogen-bond donors (Lipinski definition) is 0. The summed E-state index contributed by atoms with van der Waals surface area (Å²) in [6.45, 7) is 0. The number of nitrogens with zero attached hydrogens (tertiary/aromatic N) is 1. The van der Waals surface area contributed by atoms with Crippen LogP contribution in [0, 0.1) is 29.1 Å². The topological polar surface area (TPSA) is 23.8 Å². The Kier molecular flexibility index (Phi) is 3.45. The van der Waals surface area contributed by atoms with Gasteiger partial charge in [-0.25, -0.2) is 0 Å². The summed E-state index contributed by atoms with van der Waals surface area (Å²) in [5, 5.41) is 9.29. The summed E-state index contributed by atoms with van der Waals surface area (Å²) in [5.41, 5.74) is 0. The molecule has 2 aliphatic carbocycles. The van der Waals surface area contributed by atoms with Gasteiger partial charge in [-0.2, -0.15) is 5.26 Å². The van der Waals surface area contributed by atoms with Crippen LogP contribution in [0.15, 0.2) is 0 Å². The van der Waals surface area contributed by atoms with Crippen molar-refractivity contribution in [3.05, 3.63) is 0 Å².